The molecule has 1 atom stereocenters. The van der Waals surface area contributed by atoms with Crippen molar-refractivity contribution < 1.29 is 13.2 Å². The molecule has 0 saturated carbocycles. The molecule has 0 amide bonds. The molecule has 0 aromatic heterocycles. The van der Waals surface area contributed by atoms with E-state index in [4.69, 9.17) is 10.5 Å². The molecule has 0 aliphatic carbocycles. The molecule has 0 spiro atoms. The lowest BCUT2D eigenvalue weighted by Gasteiger charge is -2.09. The van der Waals surface area contributed by atoms with E-state index in [1.165, 1.54) is 0 Å². The van der Waals surface area contributed by atoms with Gasteiger partial charge in [-0.2, -0.15) is 0 Å². The van der Waals surface area contributed by atoms with Crippen LogP contribution in [0.4, 0.5) is 0 Å². The largest absolute Gasteiger partial charge is 0.385 e. The fraction of sp³-hybridized carbons (Fsp3) is 1.00. The highest BCUT2D eigenvalue weighted by Crippen LogP contribution is 2.01. The molecule has 0 bridgehead atoms. The zero-order chi connectivity index (χ0) is 11.0. The normalized spacial score (nSPS) is 14.2. The van der Waals surface area contributed by atoms with Gasteiger partial charge in [0, 0.05) is 19.8 Å². The summed E-state index contributed by atoms with van der Waals surface area (Å²) in [6.07, 6.45) is 2.15. The van der Waals surface area contributed by atoms with Crippen LogP contribution < -0.4 is 5.73 Å². The minimum atomic E-state index is -2.95. The van der Waals surface area contributed by atoms with Crippen molar-refractivity contribution in [2.24, 2.45) is 5.73 Å². The summed E-state index contributed by atoms with van der Waals surface area (Å²) in [7, 11) is -1.34. The van der Waals surface area contributed by atoms with Crippen LogP contribution in [-0.2, 0) is 14.6 Å². The van der Waals surface area contributed by atoms with E-state index in [9.17, 15) is 8.42 Å². The van der Waals surface area contributed by atoms with E-state index >= 15 is 0 Å². The minimum Gasteiger partial charge on any atom is -0.385 e. The highest BCUT2D eigenvalue weighted by atomic mass is 32.2. The monoisotopic (exact) mass is 223 g/mol. The van der Waals surface area contributed by atoms with Gasteiger partial charge in [-0.15, -0.1) is 0 Å². The summed E-state index contributed by atoms with van der Waals surface area (Å²) in [5.41, 5.74) is 5.59. The summed E-state index contributed by atoms with van der Waals surface area (Å²) in [6.45, 7) is 2.51. The average Bonchev–Trinajstić information content (AvgIpc) is 2.12. The second-order valence-electron chi connectivity index (χ2n) is 3.48. The van der Waals surface area contributed by atoms with E-state index < -0.39 is 9.84 Å². The second kappa shape index (κ2) is 7.20. The van der Waals surface area contributed by atoms with Gasteiger partial charge in [0.25, 0.3) is 0 Å². The summed E-state index contributed by atoms with van der Waals surface area (Å²) >= 11 is 0. The summed E-state index contributed by atoms with van der Waals surface area (Å²) < 4.78 is 27.7. The maximum atomic E-state index is 11.4. The number of methoxy groups -OCH3 is 1. The standard InChI is InChI=1S/C9H21NO3S/c1-3-9(10)8-14(11,12)7-5-4-6-13-2/h9H,3-8,10H2,1-2H3. The van der Waals surface area contributed by atoms with Crippen molar-refractivity contribution in [1.29, 1.82) is 0 Å². The van der Waals surface area contributed by atoms with Crippen molar-refractivity contribution in [3.63, 3.8) is 0 Å². The fourth-order valence-corrected chi connectivity index (χ4v) is 2.79. The first-order valence-electron chi connectivity index (χ1n) is 4.96. The molecule has 86 valence electrons. The van der Waals surface area contributed by atoms with Crippen LogP contribution in [0.1, 0.15) is 26.2 Å². The van der Waals surface area contributed by atoms with Gasteiger partial charge < -0.3 is 10.5 Å². The number of rotatable bonds is 8. The molecule has 0 fully saturated rings. The SMILES string of the molecule is CCC(N)CS(=O)(=O)CCCCOC. The number of sulfone groups is 1. The lowest BCUT2D eigenvalue weighted by atomic mass is 10.3. The molecule has 0 rings (SSSR count). The predicted octanol–water partition coefficient (Wildman–Crippen LogP) is 0.565. The molecule has 0 aromatic rings. The molecular formula is C9H21NO3S. The van der Waals surface area contributed by atoms with Crippen LogP contribution >= 0.6 is 0 Å². The van der Waals surface area contributed by atoms with Crippen molar-refractivity contribution in [3.8, 4) is 0 Å². The Hall–Kier alpha value is -0.130. The molecular weight excluding hydrogens is 202 g/mol. The van der Waals surface area contributed by atoms with Gasteiger partial charge in [-0.25, -0.2) is 8.42 Å². The van der Waals surface area contributed by atoms with Crippen LogP contribution in [-0.4, -0.2) is 39.7 Å². The van der Waals surface area contributed by atoms with E-state index in [0.29, 0.717) is 19.4 Å². The van der Waals surface area contributed by atoms with E-state index in [2.05, 4.69) is 0 Å². The first-order valence-corrected chi connectivity index (χ1v) is 6.79. The van der Waals surface area contributed by atoms with Gasteiger partial charge in [0.2, 0.25) is 0 Å². The number of nitrogens with two attached hydrogens (primary N) is 1. The highest BCUT2D eigenvalue weighted by molar-refractivity contribution is 7.91. The quantitative estimate of drug-likeness (QED) is 0.611. The average molecular weight is 223 g/mol. The lowest BCUT2D eigenvalue weighted by molar-refractivity contribution is 0.194. The Labute approximate surface area is 86.7 Å². The number of hydrogen-bond acceptors (Lipinski definition) is 4. The molecule has 1 unspecified atom stereocenters. The van der Waals surface area contributed by atoms with Crippen molar-refractivity contribution in [1.82, 2.24) is 0 Å². The Kier molecular flexibility index (Phi) is 7.13. The van der Waals surface area contributed by atoms with Crippen LogP contribution in [0.15, 0.2) is 0 Å². The van der Waals surface area contributed by atoms with E-state index in [1.807, 2.05) is 6.92 Å². The Balaban J connectivity index is 3.73. The Bertz CT molecular complexity index is 226. The summed E-state index contributed by atoms with van der Waals surface area (Å²) in [5, 5.41) is 0. The number of ether oxygens (including phenoxy) is 1. The minimum absolute atomic E-state index is 0.108. The molecule has 0 heterocycles. The summed E-state index contributed by atoms with van der Waals surface area (Å²) in [6, 6.07) is -0.220. The zero-order valence-electron chi connectivity index (χ0n) is 9.03. The van der Waals surface area contributed by atoms with E-state index in [1.54, 1.807) is 7.11 Å². The first kappa shape index (κ1) is 13.9. The number of unbranched alkanes of at least 4 members (excludes halogenated alkanes) is 1. The molecule has 0 aliphatic heterocycles. The highest BCUT2D eigenvalue weighted by Gasteiger charge is 2.14. The second-order valence-corrected chi connectivity index (χ2v) is 5.71. The summed E-state index contributed by atoms with van der Waals surface area (Å²) in [4.78, 5) is 0. The van der Waals surface area contributed by atoms with Crippen LogP contribution in [0.25, 0.3) is 0 Å². The Morgan fingerprint density at radius 2 is 2.00 bits per heavy atom. The molecule has 2 N–H and O–H groups in total. The van der Waals surface area contributed by atoms with Gasteiger partial charge in [-0.05, 0) is 19.3 Å². The van der Waals surface area contributed by atoms with Gasteiger partial charge in [0.1, 0.15) is 0 Å². The van der Waals surface area contributed by atoms with Crippen molar-refractivity contribution in [3.05, 3.63) is 0 Å². The van der Waals surface area contributed by atoms with Gasteiger partial charge in [0.15, 0.2) is 9.84 Å². The third-order valence-corrected chi connectivity index (χ3v) is 3.89. The maximum Gasteiger partial charge on any atom is 0.151 e. The molecule has 4 nitrogen and oxygen atoms in total. The van der Waals surface area contributed by atoms with E-state index in [0.717, 1.165) is 6.42 Å². The van der Waals surface area contributed by atoms with Gasteiger partial charge in [0.05, 0.1) is 11.5 Å². The van der Waals surface area contributed by atoms with Crippen LogP contribution in [0, 0.1) is 0 Å². The van der Waals surface area contributed by atoms with Crippen LogP contribution in [0.5, 0.6) is 0 Å². The topological polar surface area (TPSA) is 69.4 Å². The van der Waals surface area contributed by atoms with Crippen molar-refractivity contribution in [2.45, 2.75) is 32.2 Å². The molecule has 5 heteroatoms. The molecule has 0 saturated heterocycles. The van der Waals surface area contributed by atoms with Gasteiger partial charge >= 0.3 is 0 Å². The fourth-order valence-electron chi connectivity index (χ4n) is 1.10. The lowest BCUT2D eigenvalue weighted by Crippen LogP contribution is -2.30. The Morgan fingerprint density at radius 3 is 2.50 bits per heavy atom. The van der Waals surface area contributed by atoms with E-state index in [-0.39, 0.29) is 17.5 Å². The van der Waals surface area contributed by atoms with Gasteiger partial charge in [-0.3, -0.25) is 0 Å². The summed E-state index contributed by atoms with van der Waals surface area (Å²) in [5.74, 6) is 0.334. The molecule has 14 heavy (non-hydrogen) atoms. The van der Waals surface area contributed by atoms with Gasteiger partial charge in [-0.1, -0.05) is 6.92 Å². The zero-order valence-corrected chi connectivity index (χ0v) is 9.85. The van der Waals surface area contributed by atoms with Crippen LogP contribution in [0.2, 0.25) is 0 Å². The molecule has 0 aliphatic rings. The maximum absolute atomic E-state index is 11.4. The van der Waals surface area contributed by atoms with Crippen LogP contribution in [0.3, 0.4) is 0 Å². The van der Waals surface area contributed by atoms with Crippen molar-refractivity contribution >= 4 is 9.84 Å². The molecule has 0 radical (unpaired) electrons. The number of hydrogen-bond donors (Lipinski definition) is 1. The Morgan fingerprint density at radius 1 is 1.36 bits per heavy atom. The predicted molar refractivity (Wildman–Crippen MR) is 58.0 cm³/mol. The van der Waals surface area contributed by atoms with Crippen molar-refractivity contribution in [2.75, 3.05) is 25.2 Å². The molecule has 0 aromatic carbocycles. The third kappa shape index (κ3) is 7.29. The first-order chi connectivity index (χ1) is 6.52. The third-order valence-electron chi connectivity index (χ3n) is 2.05. The smallest absolute Gasteiger partial charge is 0.151 e.